The molecule has 3 N–H and O–H groups in total. The van der Waals surface area contributed by atoms with Crippen molar-refractivity contribution in [2.75, 3.05) is 11.9 Å². The van der Waals surface area contributed by atoms with Crippen molar-refractivity contribution >= 4 is 38.6 Å². The van der Waals surface area contributed by atoms with Gasteiger partial charge in [0.05, 0.1) is 17.0 Å². The van der Waals surface area contributed by atoms with Crippen LogP contribution in [0.25, 0.3) is 22.3 Å². The van der Waals surface area contributed by atoms with Gasteiger partial charge in [-0.2, -0.15) is 0 Å². The van der Waals surface area contributed by atoms with Crippen molar-refractivity contribution in [3.63, 3.8) is 0 Å². The molecule has 4 aromatic rings. The molecule has 0 aliphatic carbocycles. The Labute approximate surface area is 178 Å². The molecule has 0 saturated heterocycles. The maximum absolute atomic E-state index is 13.9. The number of anilines is 1. The van der Waals surface area contributed by atoms with Crippen LogP contribution in [0.4, 0.5) is 14.6 Å². The smallest absolute Gasteiger partial charge is 0.335 e. The van der Waals surface area contributed by atoms with Crippen LogP contribution in [-0.2, 0) is 6.42 Å². The molecule has 2 heterocycles. The molecule has 30 heavy (non-hydrogen) atoms. The molecule has 0 saturated carbocycles. The van der Waals surface area contributed by atoms with E-state index in [0.29, 0.717) is 21.7 Å². The number of H-pyrrole nitrogens is 1. The summed E-state index contributed by atoms with van der Waals surface area (Å²) in [7, 11) is 0. The minimum atomic E-state index is -0.994. The standard InChI is InChI=1S/C21H15BrF2N4O2/c22-13-7-15(23)14(16(24)8-13)3-4-25-20-9-18(26-10-27-20)19-6-12-5-11(21(29)30)1-2-17(12)28-19/h1-2,5-10,28H,3-4H2,(H,29,30)(H,25,26,27). The lowest BCUT2D eigenvalue weighted by molar-refractivity contribution is 0.0697. The van der Waals surface area contributed by atoms with Crippen molar-refractivity contribution in [2.45, 2.75) is 6.42 Å². The lowest BCUT2D eigenvalue weighted by atomic mass is 10.1. The summed E-state index contributed by atoms with van der Waals surface area (Å²) in [6.07, 6.45) is 1.53. The molecule has 2 aromatic heterocycles. The Morgan fingerprint density at radius 2 is 1.87 bits per heavy atom. The topological polar surface area (TPSA) is 90.9 Å². The summed E-state index contributed by atoms with van der Waals surface area (Å²) in [5, 5.41) is 12.9. The first-order valence-corrected chi connectivity index (χ1v) is 9.76. The van der Waals surface area contributed by atoms with Crippen molar-refractivity contribution < 1.29 is 18.7 Å². The predicted molar refractivity (Wildman–Crippen MR) is 113 cm³/mol. The third-order valence-electron chi connectivity index (χ3n) is 4.60. The Kier molecular flexibility index (Phi) is 5.45. The third-order valence-corrected chi connectivity index (χ3v) is 5.06. The summed E-state index contributed by atoms with van der Waals surface area (Å²) < 4.78 is 28.2. The molecule has 0 fully saturated rings. The summed E-state index contributed by atoms with van der Waals surface area (Å²) >= 11 is 3.06. The van der Waals surface area contributed by atoms with Crippen LogP contribution in [0.15, 0.2) is 53.3 Å². The molecule has 0 amide bonds. The van der Waals surface area contributed by atoms with Gasteiger partial charge in [0.2, 0.25) is 0 Å². The second kappa shape index (κ2) is 8.19. The first-order valence-electron chi connectivity index (χ1n) is 8.96. The number of nitrogens with one attached hydrogen (secondary N) is 2. The summed E-state index contributed by atoms with van der Waals surface area (Å²) in [4.78, 5) is 22.7. The molecule has 0 atom stereocenters. The first kappa shape index (κ1) is 20.0. The minimum Gasteiger partial charge on any atom is -0.478 e. The van der Waals surface area contributed by atoms with Gasteiger partial charge in [0, 0.05) is 33.6 Å². The zero-order valence-corrected chi connectivity index (χ0v) is 17.0. The normalized spacial score (nSPS) is 11.0. The Balaban J connectivity index is 1.50. The Bertz CT molecular complexity index is 1240. The number of fused-ring (bicyclic) bond motifs is 1. The van der Waals surface area contributed by atoms with Crippen LogP contribution in [0.3, 0.4) is 0 Å². The number of carboxylic acids is 1. The fourth-order valence-electron chi connectivity index (χ4n) is 3.13. The summed E-state index contributed by atoms with van der Waals surface area (Å²) in [6, 6.07) is 10.8. The second-order valence-corrected chi connectivity index (χ2v) is 7.52. The predicted octanol–water partition coefficient (Wildman–Crippen LogP) is 5.02. The second-order valence-electron chi connectivity index (χ2n) is 6.60. The van der Waals surface area contributed by atoms with Crippen LogP contribution in [0.5, 0.6) is 0 Å². The van der Waals surface area contributed by atoms with E-state index in [4.69, 9.17) is 5.11 Å². The van der Waals surface area contributed by atoms with Crippen LogP contribution in [0, 0.1) is 11.6 Å². The van der Waals surface area contributed by atoms with Crippen LogP contribution in [0.1, 0.15) is 15.9 Å². The van der Waals surface area contributed by atoms with E-state index < -0.39 is 17.6 Å². The number of nitrogens with zero attached hydrogens (tertiary/aromatic N) is 2. The van der Waals surface area contributed by atoms with Crippen molar-refractivity contribution in [2.24, 2.45) is 0 Å². The highest BCUT2D eigenvalue weighted by molar-refractivity contribution is 9.10. The number of aromatic amines is 1. The Morgan fingerprint density at radius 1 is 1.10 bits per heavy atom. The van der Waals surface area contributed by atoms with E-state index >= 15 is 0 Å². The number of hydrogen-bond acceptors (Lipinski definition) is 4. The van der Waals surface area contributed by atoms with Gasteiger partial charge >= 0.3 is 5.97 Å². The lowest BCUT2D eigenvalue weighted by Crippen LogP contribution is -2.09. The molecule has 0 aliphatic heterocycles. The number of aromatic carboxylic acids is 1. The Hall–Kier alpha value is -3.33. The number of hydrogen-bond donors (Lipinski definition) is 3. The van der Waals surface area contributed by atoms with E-state index in [1.165, 1.54) is 24.5 Å². The molecule has 4 rings (SSSR count). The van der Waals surface area contributed by atoms with Gasteiger partial charge in [-0.05, 0) is 42.8 Å². The van der Waals surface area contributed by atoms with Gasteiger partial charge in [-0.1, -0.05) is 15.9 Å². The van der Waals surface area contributed by atoms with E-state index in [1.54, 1.807) is 24.3 Å². The van der Waals surface area contributed by atoms with Crippen molar-refractivity contribution in [1.82, 2.24) is 15.0 Å². The lowest BCUT2D eigenvalue weighted by Gasteiger charge is -2.08. The number of carboxylic acid groups (broad SMARTS) is 1. The molecule has 2 aromatic carbocycles. The first-order chi connectivity index (χ1) is 14.4. The average molecular weight is 473 g/mol. The molecular weight excluding hydrogens is 458 g/mol. The summed E-state index contributed by atoms with van der Waals surface area (Å²) in [5.41, 5.74) is 2.28. The van der Waals surface area contributed by atoms with Gasteiger partial charge < -0.3 is 15.4 Å². The highest BCUT2D eigenvalue weighted by atomic mass is 79.9. The monoisotopic (exact) mass is 472 g/mol. The van der Waals surface area contributed by atoms with E-state index in [9.17, 15) is 13.6 Å². The van der Waals surface area contributed by atoms with Gasteiger partial charge in [0.25, 0.3) is 0 Å². The molecule has 0 unspecified atom stereocenters. The number of aromatic nitrogens is 3. The van der Waals surface area contributed by atoms with E-state index in [2.05, 4.69) is 36.2 Å². The van der Waals surface area contributed by atoms with Gasteiger partial charge in [-0.15, -0.1) is 0 Å². The van der Waals surface area contributed by atoms with Crippen molar-refractivity contribution in [1.29, 1.82) is 0 Å². The molecule has 0 radical (unpaired) electrons. The van der Waals surface area contributed by atoms with Crippen LogP contribution in [-0.4, -0.2) is 32.6 Å². The molecule has 152 valence electrons. The SMILES string of the molecule is O=C(O)c1ccc2[nH]c(-c3cc(NCCc4c(F)cc(Br)cc4F)ncn3)cc2c1. The van der Waals surface area contributed by atoms with E-state index in [-0.39, 0.29) is 24.1 Å². The van der Waals surface area contributed by atoms with Crippen LogP contribution >= 0.6 is 15.9 Å². The fraction of sp³-hybridized carbons (Fsp3) is 0.0952. The summed E-state index contributed by atoms with van der Waals surface area (Å²) in [5.74, 6) is -1.70. The molecular formula is C21H15BrF2N4O2. The zero-order chi connectivity index (χ0) is 21.3. The highest BCUT2D eigenvalue weighted by Crippen LogP contribution is 2.25. The van der Waals surface area contributed by atoms with E-state index in [0.717, 1.165) is 10.9 Å². The third kappa shape index (κ3) is 4.16. The van der Waals surface area contributed by atoms with Crippen molar-refractivity contribution in [3.8, 4) is 11.4 Å². The maximum Gasteiger partial charge on any atom is 0.335 e. The fourth-order valence-corrected chi connectivity index (χ4v) is 3.53. The number of halogens is 3. The molecule has 0 aliphatic rings. The molecule has 9 heteroatoms. The number of rotatable bonds is 6. The molecule has 0 bridgehead atoms. The van der Waals surface area contributed by atoms with Gasteiger partial charge in [-0.3, -0.25) is 0 Å². The zero-order valence-electron chi connectivity index (χ0n) is 15.4. The average Bonchev–Trinajstić information content (AvgIpc) is 3.13. The number of carbonyl (C=O) groups is 1. The van der Waals surface area contributed by atoms with Crippen LogP contribution < -0.4 is 5.32 Å². The van der Waals surface area contributed by atoms with Crippen LogP contribution in [0.2, 0.25) is 0 Å². The van der Waals surface area contributed by atoms with Crippen molar-refractivity contribution in [3.05, 3.63) is 76.0 Å². The minimum absolute atomic E-state index is 0.00447. The largest absolute Gasteiger partial charge is 0.478 e. The van der Waals surface area contributed by atoms with Gasteiger partial charge in [0.15, 0.2) is 0 Å². The molecule has 6 nitrogen and oxygen atoms in total. The quantitative estimate of drug-likeness (QED) is 0.366. The highest BCUT2D eigenvalue weighted by Gasteiger charge is 2.12. The van der Waals surface area contributed by atoms with E-state index in [1.807, 2.05) is 0 Å². The summed E-state index contributed by atoms with van der Waals surface area (Å²) in [6.45, 7) is 0.278. The van der Waals surface area contributed by atoms with Gasteiger partial charge in [0.1, 0.15) is 23.8 Å². The van der Waals surface area contributed by atoms with Gasteiger partial charge in [-0.25, -0.2) is 23.5 Å². The maximum atomic E-state index is 13.9. The molecule has 0 spiro atoms. The Morgan fingerprint density at radius 3 is 2.60 bits per heavy atom. The number of benzene rings is 2.